The topological polar surface area (TPSA) is 107 Å². The number of aliphatic hydroxyl groups excluding tert-OH is 1. The maximum absolute atomic E-state index is 15.7. The summed E-state index contributed by atoms with van der Waals surface area (Å²) in [5, 5.41) is 15.5. The molecule has 3 N–H and O–H groups in total. The predicted molar refractivity (Wildman–Crippen MR) is 138 cm³/mol. The summed E-state index contributed by atoms with van der Waals surface area (Å²) in [6.07, 6.45) is 0.738. The lowest BCUT2D eigenvalue weighted by molar-refractivity contribution is -0.126. The van der Waals surface area contributed by atoms with Crippen LogP contribution in [0.1, 0.15) is 52.9 Å². The minimum absolute atomic E-state index is 0.0423. The molecule has 8 nitrogen and oxygen atoms in total. The molecule has 2 amide bonds. The highest BCUT2D eigenvalue weighted by molar-refractivity contribution is 6.02. The molecule has 0 bridgehead atoms. The van der Waals surface area contributed by atoms with Crippen LogP contribution in [0.25, 0.3) is 11.3 Å². The first-order valence-electron chi connectivity index (χ1n) is 12.6. The van der Waals surface area contributed by atoms with Gasteiger partial charge >= 0.3 is 0 Å². The van der Waals surface area contributed by atoms with Crippen LogP contribution in [0.3, 0.4) is 0 Å². The van der Waals surface area contributed by atoms with Gasteiger partial charge in [-0.05, 0) is 37.1 Å². The van der Waals surface area contributed by atoms with Gasteiger partial charge in [0.15, 0.2) is 0 Å². The van der Waals surface area contributed by atoms with E-state index in [1.807, 2.05) is 25.1 Å². The maximum Gasteiger partial charge on any atom is 0.258 e. The zero-order valence-electron chi connectivity index (χ0n) is 21.4. The van der Waals surface area contributed by atoms with E-state index in [2.05, 4.69) is 20.6 Å². The first kappa shape index (κ1) is 26.6. The Bertz CT molecular complexity index is 1430. The van der Waals surface area contributed by atoms with E-state index in [1.165, 1.54) is 23.2 Å². The number of nitrogens with one attached hydrogen (secondary N) is 2. The van der Waals surface area contributed by atoms with Crippen molar-refractivity contribution >= 4 is 17.8 Å². The standard InChI is InChI=1S/C28H28F3N5O3/c1-15-4-3-5-17(10-15)22(14-37)34-25(38)16(2)36-13-18-6-7-20(24(29)23(18)26(36)39)21-8-9-32-27(35-21)33-19-11-28(30,31)12-19/h3-10,16,19,22,37H,11-14H2,1-2H3,(H,34,38)(H,32,33,35)/t16-,22-/m1/s1. The Morgan fingerprint density at radius 3 is 2.69 bits per heavy atom. The number of hydrogen-bond acceptors (Lipinski definition) is 6. The van der Waals surface area contributed by atoms with E-state index in [0.717, 1.165) is 11.1 Å². The van der Waals surface area contributed by atoms with E-state index in [9.17, 15) is 23.5 Å². The van der Waals surface area contributed by atoms with Crippen LogP contribution in [-0.4, -0.2) is 56.4 Å². The number of aryl methyl sites for hydroxylation is 1. The van der Waals surface area contributed by atoms with Crippen molar-refractivity contribution in [1.82, 2.24) is 20.2 Å². The van der Waals surface area contributed by atoms with Crippen LogP contribution in [-0.2, 0) is 11.3 Å². The average molecular weight is 540 g/mol. The van der Waals surface area contributed by atoms with Crippen molar-refractivity contribution in [3.63, 3.8) is 0 Å². The van der Waals surface area contributed by atoms with Crippen LogP contribution in [0.5, 0.6) is 0 Å². The van der Waals surface area contributed by atoms with Gasteiger partial charge in [0.25, 0.3) is 11.8 Å². The summed E-state index contributed by atoms with van der Waals surface area (Å²) in [7, 11) is 0. The fraction of sp³-hybridized carbons (Fsp3) is 0.357. The lowest BCUT2D eigenvalue weighted by atomic mass is 9.88. The number of carbonyl (C=O) groups excluding carboxylic acids is 2. The molecule has 11 heteroatoms. The Morgan fingerprint density at radius 2 is 2.00 bits per heavy atom. The third-order valence-electron chi connectivity index (χ3n) is 7.19. The Balaban J connectivity index is 1.32. The number of amides is 2. The molecule has 1 fully saturated rings. The maximum atomic E-state index is 15.7. The molecule has 1 aliphatic carbocycles. The van der Waals surface area contributed by atoms with Crippen molar-refractivity contribution in [2.45, 2.75) is 57.3 Å². The molecule has 1 saturated carbocycles. The number of fused-ring (bicyclic) bond motifs is 1. The summed E-state index contributed by atoms with van der Waals surface area (Å²) >= 11 is 0. The molecule has 2 heterocycles. The van der Waals surface area contributed by atoms with E-state index >= 15 is 4.39 Å². The number of aromatic nitrogens is 2. The lowest BCUT2D eigenvalue weighted by Crippen LogP contribution is -2.46. The van der Waals surface area contributed by atoms with Crippen molar-refractivity contribution in [3.8, 4) is 11.3 Å². The number of alkyl halides is 2. The largest absolute Gasteiger partial charge is 0.394 e. The van der Waals surface area contributed by atoms with Gasteiger partial charge in [0.1, 0.15) is 11.9 Å². The van der Waals surface area contributed by atoms with Gasteiger partial charge in [-0.15, -0.1) is 0 Å². The SMILES string of the molecule is Cc1cccc([C@@H](CO)NC(=O)[C@@H](C)N2Cc3ccc(-c4ccnc(NC5CC(F)(F)C5)n4)c(F)c3C2=O)c1. The van der Waals surface area contributed by atoms with Gasteiger partial charge in [-0.3, -0.25) is 9.59 Å². The molecule has 2 aliphatic rings. The van der Waals surface area contributed by atoms with Gasteiger partial charge in [0.05, 0.1) is 23.9 Å². The molecule has 2 aromatic carbocycles. The highest BCUT2D eigenvalue weighted by Crippen LogP contribution is 2.39. The third kappa shape index (κ3) is 5.31. The average Bonchev–Trinajstić information content (AvgIpc) is 3.23. The second kappa shape index (κ2) is 10.3. The number of nitrogens with zero attached hydrogens (tertiary/aromatic N) is 3. The summed E-state index contributed by atoms with van der Waals surface area (Å²) < 4.78 is 42.0. The molecule has 0 spiro atoms. The second-order valence-electron chi connectivity index (χ2n) is 10.1. The molecular weight excluding hydrogens is 511 g/mol. The smallest absolute Gasteiger partial charge is 0.258 e. The normalized spacial score (nSPS) is 17.8. The summed E-state index contributed by atoms with van der Waals surface area (Å²) in [4.78, 5) is 35.9. The number of halogens is 3. The molecule has 2 atom stereocenters. The molecule has 0 radical (unpaired) electrons. The van der Waals surface area contributed by atoms with Gasteiger partial charge in [0.2, 0.25) is 11.9 Å². The van der Waals surface area contributed by atoms with Gasteiger partial charge in [-0.2, -0.15) is 0 Å². The second-order valence-corrected chi connectivity index (χ2v) is 10.1. The molecule has 0 saturated heterocycles. The minimum Gasteiger partial charge on any atom is -0.394 e. The molecule has 3 aromatic rings. The Hall–Kier alpha value is -3.99. The molecule has 0 unspecified atom stereocenters. The lowest BCUT2D eigenvalue weighted by Gasteiger charge is -2.35. The third-order valence-corrected chi connectivity index (χ3v) is 7.19. The first-order chi connectivity index (χ1) is 18.6. The minimum atomic E-state index is -2.71. The van der Waals surface area contributed by atoms with Crippen LogP contribution in [0.15, 0.2) is 48.7 Å². The summed E-state index contributed by atoms with van der Waals surface area (Å²) in [6.45, 7) is 3.17. The van der Waals surface area contributed by atoms with E-state index in [4.69, 9.17) is 0 Å². The van der Waals surface area contributed by atoms with Crippen LogP contribution in [0.2, 0.25) is 0 Å². The molecular formula is C28H28F3N5O3. The van der Waals surface area contributed by atoms with Gasteiger partial charge in [-0.25, -0.2) is 23.1 Å². The monoisotopic (exact) mass is 539 g/mol. The van der Waals surface area contributed by atoms with E-state index in [0.29, 0.717) is 5.56 Å². The Kier molecular flexibility index (Phi) is 7.02. The fourth-order valence-electron chi connectivity index (χ4n) is 4.97. The fourth-order valence-corrected chi connectivity index (χ4v) is 4.97. The molecule has 1 aromatic heterocycles. The van der Waals surface area contributed by atoms with Crippen molar-refractivity contribution < 1.29 is 27.9 Å². The molecule has 39 heavy (non-hydrogen) atoms. The quantitative estimate of drug-likeness (QED) is 0.400. The highest BCUT2D eigenvalue weighted by Gasteiger charge is 2.45. The van der Waals surface area contributed by atoms with Crippen LogP contribution < -0.4 is 10.6 Å². The van der Waals surface area contributed by atoms with Crippen LogP contribution >= 0.6 is 0 Å². The molecule has 1 aliphatic heterocycles. The van der Waals surface area contributed by atoms with Gasteiger partial charge < -0.3 is 20.6 Å². The molecule has 204 valence electrons. The Labute approximate surface area is 223 Å². The number of aliphatic hydroxyl groups is 1. The van der Waals surface area contributed by atoms with Crippen molar-refractivity contribution in [2.24, 2.45) is 0 Å². The summed E-state index contributed by atoms with van der Waals surface area (Å²) in [5.74, 6) is -4.50. The van der Waals surface area contributed by atoms with Crippen molar-refractivity contribution in [2.75, 3.05) is 11.9 Å². The number of carbonyl (C=O) groups is 2. The van der Waals surface area contributed by atoms with Crippen LogP contribution in [0, 0.1) is 12.7 Å². The first-order valence-corrected chi connectivity index (χ1v) is 12.6. The van der Waals surface area contributed by atoms with Gasteiger partial charge in [0, 0.05) is 37.2 Å². The van der Waals surface area contributed by atoms with Crippen molar-refractivity contribution in [1.29, 1.82) is 0 Å². The van der Waals surface area contributed by atoms with E-state index in [1.54, 1.807) is 19.1 Å². The van der Waals surface area contributed by atoms with Crippen molar-refractivity contribution in [3.05, 3.63) is 76.7 Å². The summed E-state index contributed by atoms with van der Waals surface area (Å²) in [6, 6.07) is 9.90. The zero-order valence-corrected chi connectivity index (χ0v) is 21.4. The van der Waals surface area contributed by atoms with Gasteiger partial charge in [-0.1, -0.05) is 35.9 Å². The number of hydrogen-bond donors (Lipinski definition) is 3. The van der Waals surface area contributed by atoms with E-state index in [-0.39, 0.29) is 48.8 Å². The number of anilines is 1. The number of rotatable bonds is 8. The predicted octanol–water partition coefficient (Wildman–Crippen LogP) is 3.99. The zero-order chi connectivity index (χ0) is 27.9. The molecule has 5 rings (SSSR count). The Morgan fingerprint density at radius 1 is 1.23 bits per heavy atom. The van der Waals surface area contributed by atoms with E-state index < -0.39 is 41.7 Å². The number of benzene rings is 2. The van der Waals surface area contributed by atoms with Crippen LogP contribution in [0.4, 0.5) is 19.1 Å². The summed E-state index contributed by atoms with van der Waals surface area (Å²) in [5.41, 5.74) is 2.25. The highest BCUT2D eigenvalue weighted by atomic mass is 19.3.